The van der Waals surface area contributed by atoms with E-state index >= 15 is 0 Å². The van der Waals surface area contributed by atoms with Crippen LogP contribution in [0, 0.1) is 23.1 Å². The van der Waals surface area contributed by atoms with Crippen LogP contribution in [0.15, 0.2) is 23.2 Å². The molecular weight excluding hydrogens is 456 g/mol. The minimum Gasteiger partial charge on any atom is -0.357 e. The van der Waals surface area contributed by atoms with Crippen LogP contribution in [0.3, 0.4) is 0 Å². The maximum atomic E-state index is 14.1. The summed E-state index contributed by atoms with van der Waals surface area (Å²) in [5.41, 5.74) is 0.846. The Hall–Kier alpha value is -1.40. The summed E-state index contributed by atoms with van der Waals surface area (Å²) in [6, 6.07) is 6.51. The first kappa shape index (κ1) is 23.6. The Balaban J connectivity index is 0.00000364. The summed E-state index contributed by atoms with van der Waals surface area (Å²) in [7, 11) is 0. The van der Waals surface area contributed by atoms with Crippen molar-refractivity contribution >= 4 is 29.9 Å². The fraction of sp³-hybridized carbons (Fsp3) is 0.600. The first-order valence-corrected chi connectivity index (χ1v) is 9.55. The summed E-state index contributed by atoms with van der Waals surface area (Å²) < 4.78 is 14.1. The molecule has 1 heterocycles. The van der Waals surface area contributed by atoms with Crippen molar-refractivity contribution < 1.29 is 4.39 Å². The summed E-state index contributed by atoms with van der Waals surface area (Å²) in [5.74, 6) is 1.12. The molecule has 27 heavy (non-hydrogen) atoms. The van der Waals surface area contributed by atoms with Gasteiger partial charge < -0.3 is 15.1 Å². The number of halogens is 2. The van der Waals surface area contributed by atoms with Gasteiger partial charge in [0.2, 0.25) is 0 Å². The molecule has 0 aromatic heterocycles. The standard InChI is InChI=1S/C20H30FN5.HI/c1-4-23-20(24-13-18-8-7-16(12-22)11-19(18)21)26-10-9-17(15-26)14-25(5-2)6-3;/h7-8,11,17H,4-6,9-10,13-15H2,1-3H3,(H,23,24);1H. The number of benzene rings is 1. The number of nitrogens with zero attached hydrogens (tertiary/aromatic N) is 4. The third-order valence-electron chi connectivity index (χ3n) is 4.91. The predicted molar refractivity (Wildman–Crippen MR) is 119 cm³/mol. The van der Waals surface area contributed by atoms with Crippen molar-refractivity contribution in [1.29, 1.82) is 5.26 Å². The average molecular weight is 487 g/mol. The molecule has 1 aromatic carbocycles. The summed E-state index contributed by atoms with van der Waals surface area (Å²) in [6.07, 6.45) is 1.16. The maximum absolute atomic E-state index is 14.1. The number of aliphatic imine (C=N–C) groups is 1. The van der Waals surface area contributed by atoms with E-state index in [-0.39, 0.29) is 36.3 Å². The molecule has 1 aromatic rings. The highest BCUT2D eigenvalue weighted by Gasteiger charge is 2.25. The van der Waals surface area contributed by atoms with Crippen LogP contribution in [-0.2, 0) is 6.54 Å². The Morgan fingerprint density at radius 2 is 2.11 bits per heavy atom. The van der Waals surface area contributed by atoms with E-state index in [9.17, 15) is 4.39 Å². The number of nitrogens with one attached hydrogen (secondary N) is 1. The molecule has 1 N–H and O–H groups in total. The Morgan fingerprint density at radius 3 is 2.70 bits per heavy atom. The van der Waals surface area contributed by atoms with Crippen molar-refractivity contribution in [3.63, 3.8) is 0 Å². The van der Waals surface area contributed by atoms with E-state index in [2.05, 4.69) is 34.0 Å². The Morgan fingerprint density at radius 1 is 1.37 bits per heavy atom. The molecule has 0 radical (unpaired) electrons. The van der Waals surface area contributed by atoms with Crippen molar-refractivity contribution in [3.8, 4) is 6.07 Å². The lowest BCUT2D eigenvalue weighted by molar-refractivity contribution is 0.255. The monoisotopic (exact) mass is 487 g/mol. The molecule has 0 amide bonds. The molecule has 1 aliphatic rings. The van der Waals surface area contributed by atoms with Crippen LogP contribution in [-0.4, -0.2) is 55.0 Å². The molecule has 1 unspecified atom stereocenters. The normalized spacial score (nSPS) is 17.0. The minimum atomic E-state index is -0.371. The highest BCUT2D eigenvalue weighted by Crippen LogP contribution is 2.18. The van der Waals surface area contributed by atoms with Gasteiger partial charge in [0.1, 0.15) is 5.82 Å². The maximum Gasteiger partial charge on any atom is 0.194 e. The Kier molecular flexibility index (Phi) is 10.6. The summed E-state index contributed by atoms with van der Waals surface area (Å²) >= 11 is 0. The smallest absolute Gasteiger partial charge is 0.194 e. The molecule has 0 aliphatic carbocycles. The SMILES string of the molecule is CCNC(=NCc1ccc(C#N)cc1F)N1CCC(CN(CC)CC)C1.I. The topological polar surface area (TPSA) is 54.7 Å². The summed E-state index contributed by atoms with van der Waals surface area (Å²) in [6.45, 7) is 12.8. The average Bonchev–Trinajstić information content (AvgIpc) is 3.12. The van der Waals surface area contributed by atoms with Crippen LogP contribution in [0.1, 0.15) is 38.3 Å². The van der Waals surface area contributed by atoms with Crippen molar-refractivity contribution in [2.75, 3.05) is 39.3 Å². The second kappa shape index (κ2) is 12.1. The molecule has 1 fully saturated rings. The molecule has 0 bridgehead atoms. The van der Waals surface area contributed by atoms with E-state index in [1.165, 1.54) is 6.07 Å². The zero-order chi connectivity index (χ0) is 18.9. The largest absolute Gasteiger partial charge is 0.357 e. The van der Waals surface area contributed by atoms with Crippen LogP contribution in [0.4, 0.5) is 4.39 Å². The van der Waals surface area contributed by atoms with Gasteiger partial charge in [0.25, 0.3) is 0 Å². The van der Waals surface area contributed by atoms with Gasteiger partial charge in [-0.15, -0.1) is 24.0 Å². The molecule has 1 aliphatic heterocycles. The second-order valence-electron chi connectivity index (χ2n) is 6.67. The molecule has 0 spiro atoms. The summed E-state index contributed by atoms with van der Waals surface area (Å²) in [5, 5.41) is 12.2. The molecule has 7 heteroatoms. The van der Waals surface area contributed by atoms with Crippen LogP contribution in [0.2, 0.25) is 0 Å². The van der Waals surface area contributed by atoms with Crippen LogP contribution < -0.4 is 5.32 Å². The van der Waals surface area contributed by atoms with Crippen molar-refractivity contribution in [3.05, 3.63) is 35.1 Å². The van der Waals surface area contributed by atoms with E-state index < -0.39 is 0 Å². The number of hydrogen-bond acceptors (Lipinski definition) is 3. The van der Waals surface area contributed by atoms with Gasteiger partial charge in [0.15, 0.2) is 5.96 Å². The third kappa shape index (κ3) is 6.92. The van der Waals surface area contributed by atoms with E-state index in [4.69, 9.17) is 5.26 Å². The van der Waals surface area contributed by atoms with Crippen LogP contribution in [0.5, 0.6) is 0 Å². The third-order valence-corrected chi connectivity index (χ3v) is 4.91. The molecule has 5 nitrogen and oxygen atoms in total. The number of nitriles is 1. The van der Waals surface area contributed by atoms with Crippen molar-refractivity contribution in [2.45, 2.75) is 33.7 Å². The first-order valence-electron chi connectivity index (χ1n) is 9.55. The molecule has 0 saturated carbocycles. The summed E-state index contributed by atoms with van der Waals surface area (Å²) in [4.78, 5) is 9.37. The van der Waals surface area contributed by atoms with E-state index in [1.54, 1.807) is 12.1 Å². The van der Waals surface area contributed by atoms with E-state index in [1.807, 2.05) is 13.0 Å². The number of hydrogen-bond donors (Lipinski definition) is 1. The highest BCUT2D eigenvalue weighted by molar-refractivity contribution is 14.0. The lowest BCUT2D eigenvalue weighted by Crippen LogP contribution is -2.40. The van der Waals surface area contributed by atoms with E-state index in [0.717, 1.165) is 51.6 Å². The van der Waals surface area contributed by atoms with Gasteiger partial charge in [-0.1, -0.05) is 19.9 Å². The quantitative estimate of drug-likeness (QED) is 0.364. The lowest BCUT2D eigenvalue weighted by atomic mass is 10.1. The zero-order valence-corrected chi connectivity index (χ0v) is 18.9. The minimum absolute atomic E-state index is 0. The molecule has 2 rings (SSSR count). The predicted octanol–water partition coefficient (Wildman–Crippen LogP) is 3.44. The van der Waals surface area contributed by atoms with Gasteiger partial charge in [-0.3, -0.25) is 0 Å². The molecule has 1 atom stereocenters. The van der Waals surface area contributed by atoms with Crippen molar-refractivity contribution in [1.82, 2.24) is 15.1 Å². The molecule has 150 valence electrons. The zero-order valence-electron chi connectivity index (χ0n) is 16.5. The first-order chi connectivity index (χ1) is 12.6. The van der Waals surface area contributed by atoms with Crippen LogP contribution in [0.25, 0.3) is 0 Å². The Labute approximate surface area is 179 Å². The van der Waals surface area contributed by atoms with Crippen LogP contribution >= 0.6 is 24.0 Å². The van der Waals surface area contributed by atoms with E-state index in [0.29, 0.717) is 17.0 Å². The molecular formula is C20H31FIN5. The van der Waals surface area contributed by atoms with Gasteiger partial charge in [0.05, 0.1) is 18.2 Å². The number of likely N-dealkylation sites (tertiary alicyclic amines) is 1. The fourth-order valence-corrected chi connectivity index (χ4v) is 3.35. The second-order valence-corrected chi connectivity index (χ2v) is 6.67. The molecule has 1 saturated heterocycles. The lowest BCUT2D eigenvalue weighted by Gasteiger charge is -2.24. The van der Waals surface area contributed by atoms with Gasteiger partial charge in [0, 0.05) is 31.7 Å². The highest BCUT2D eigenvalue weighted by atomic mass is 127. The van der Waals surface area contributed by atoms with Gasteiger partial charge >= 0.3 is 0 Å². The van der Waals surface area contributed by atoms with Crippen molar-refractivity contribution in [2.24, 2.45) is 10.9 Å². The van der Waals surface area contributed by atoms with Gasteiger partial charge in [-0.2, -0.15) is 5.26 Å². The van der Waals surface area contributed by atoms with Gasteiger partial charge in [-0.05, 0) is 44.5 Å². The fourth-order valence-electron chi connectivity index (χ4n) is 3.35. The number of rotatable bonds is 7. The number of guanidine groups is 1. The Bertz CT molecular complexity index is 654. The van der Waals surface area contributed by atoms with Gasteiger partial charge in [-0.25, -0.2) is 9.38 Å².